The first kappa shape index (κ1) is 19.6. The predicted molar refractivity (Wildman–Crippen MR) is 123 cm³/mol. The van der Waals surface area contributed by atoms with Crippen LogP contribution >= 0.6 is 0 Å². The molecule has 3 aromatic rings. The lowest BCUT2D eigenvalue weighted by molar-refractivity contribution is 0.767. The summed E-state index contributed by atoms with van der Waals surface area (Å²) in [6.07, 6.45) is 5.92. The maximum Gasteiger partial charge on any atom is 0.0713 e. The third-order valence-corrected chi connectivity index (χ3v) is 5.39. The second kappa shape index (κ2) is 8.27. The Labute approximate surface area is 169 Å². The number of rotatable bonds is 4. The Morgan fingerprint density at radius 1 is 0.750 bits per heavy atom. The normalized spacial score (nSPS) is 13.6. The Bertz CT molecular complexity index is 970. The average molecular weight is 365 g/mol. The zero-order chi connectivity index (χ0) is 20.1. The van der Waals surface area contributed by atoms with Gasteiger partial charge in [0.05, 0.1) is 5.41 Å². The van der Waals surface area contributed by atoms with E-state index in [0.717, 1.165) is 5.57 Å². The van der Waals surface area contributed by atoms with Gasteiger partial charge in [-0.2, -0.15) is 0 Å². The quantitative estimate of drug-likeness (QED) is 0.417. The smallest absolute Gasteiger partial charge is 0.0713 e. The fraction of sp³-hybridized carbons (Fsp3) is 0.143. The van der Waals surface area contributed by atoms with Gasteiger partial charge >= 0.3 is 0 Å². The second-order valence-electron chi connectivity index (χ2n) is 6.77. The molecule has 0 atom stereocenters. The number of hydrogen-bond donors (Lipinski definition) is 0. The standard InChI is InChI=1S/C26H22.C2H6/c1-4-10-20(5-2)26(21-17-15-19(3)16-18-21)24-13-8-6-11-22(24)23-12-7-9-14-25(23)26;1-2/h4-18H,1-2H2,3H3;1-2H3/b20-10+;. The maximum atomic E-state index is 4.14. The molecule has 0 fully saturated rings. The Balaban J connectivity index is 0.00000109. The molecule has 1 aliphatic carbocycles. The molecule has 0 unspecified atom stereocenters. The molecule has 0 spiro atoms. The largest absolute Gasteiger partial charge is 0.0991 e. The monoisotopic (exact) mass is 364 g/mol. The van der Waals surface area contributed by atoms with Crippen LogP contribution in [0.15, 0.2) is 110 Å². The predicted octanol–water partition coefficient (Wildman–Crippen LogP) is 7.63. The van der Waals surface area contributed by atoms with Crippen molar-refractivity contribution in [3.63, 3.8) is 0 Å². The molecule has 0 bridgehead atoms. The van der Waals surface area contributed by atoms with Gasteiger partial charge in [0.25, 0.3) is 0 Å². The van der Waals surface area contributed by atoms with Gasteiger partial charge in [-0.25, -0.2) is 0 Å². The fourth-order valence-electron chi connectivity index (χ4n) is 4.30. The van der Waals surface area contributed by atoms with Crippen molar-refractivity contribution in [2.24, 2.45) is 0 Å². The van der Waals surface area contributed by atoms with Gasteiger partial charge in [0.15, 0.2) is 0 Å². The van der Waals surface area contributed by atoms with Crippen molar-refractivity contribution >= 4 is 0 Å². The van der Waals surface area contributed by atoms with Crippen molar-refractivity contribution in [1.82, 2.24) is 0 Å². The van der Waals surface area contributed by atoms with E-state index in [4.69, 9.17) is 0 Å². The zero-order valence-electron chi connectivity index (χ0n) is 17.1. The first-order valence-corrected chi connectivity index (χ1v) is 9.95. The van der Waals surface area contributed by atoms with Gasteiger partial charge in [0, 0.05) is 0 Å². The van der Waals surface area contributed by atoms with Crippen molar-refractivity contribution < 1.29 is 0 Å². The molecule has 0 nitrogen and oxygen atoms in total. The first-order chi connectivity index (χ1) is 13.7. The van der Waals surface area contributed by atoms with Gasteiger partial charge in [-0.3, -0.25) is 0 Å². The Morgan fingerprint density at radius 3 is 1.71 bits per heavy atom. The Kier molecular flexibility index (Phi) is 5.80. The van der Waals surface area contributed by atoms with E-state index in [2.05, 4.69) is 99.0 Å². The van der Waals surface area contributed by atoms with Crippen LogP contribution in [0, 0.1) is 6.92 Å². The molecule has 0 heterocycles. The molecule has 140 valence electrons. The second-order valence-corrected chi connectivity index (χ2v) is 6.77. The van der Waals surface area contributed by atoms with Crippen LogP contribution in [0.2, 0.25) is 0 Å². The molecule has 0 saturated carbocycles. The summed E-state index contributed by atoms with van der Waals surface area (Å²) in [5.74, 6) is 0. The third kappa shape index (κ3) is 2.86. The number of aryl methyl sites for hydroxylation is 1. The minimum Gasteiger partial charge on any atom is -0.0991 e. The number of hydrogen-bond acceptors (Lipinski definition) is 0. The van der Waals surface area contributed by atoms with Crippen LogP contribution in [0.5, 0.6) is 0 Å². The fourth-order valence-corrected chi connectivity index (χ4v) is 4.30. The molecule has 0 aliphatic heterocycles. The lowest BCUT2D eigenvalue weighted by atomic mass is 9.67. The van der Waals surface area contributed by atoms with Crippen LogP contribution in [0.1, 0.15) is 36.1 Å². The molecule has 0 N–H and O–H groups in total. The third-order valence-electron chi connectivity index (χ3n) is 5.39. The Hall–Kier alpha value is -3.12. The van der Waals surface area contributed by atoms with Gasteiger partial charge in [0.1, 0.15) is 0 Å². The van der Waals surface area contributed by atoms with Crippen molar-refractivity contribution in [2.75, 3.05) is 0 Å². The van der Waals surface area contributed by atoms with Crippen LogP contribution < -0.4 is 0 Å². The Morgan fingerprint density at radius 2 is 1.25 bits per heavy atom. The lowest BCUT2D eigenvalue weighted by Crippen LogP contribution is -2.29. The SMILES string of the molecule is C=C/C=C(\C=C)C1(c2ccc(C)cc2)c2ccccc2-c2ccccc21.CC. The van der Waals surface area contributed by atoms with E-state index in [1.54, 1.807) is 0 Å². The summed E-state index contributed by atoms with van der Waals surface area (Å²) in [4.78, 5) is 0. The van der Waals surface area contributed by atoms with Crippen LogP contribution in [-0.4, -0.2) is 0 Å². The van der Waals surface area contributed by atoms with Gasteiger partial charge < -0.3 is 0 Å². The van der Waals surface area contributed by atoms with Crippen LogP contribution in [0.3, 0.4) is 0 Å². The molecule has 0 aromatic heterocycles. The highest BCUT2D eigenvalue weighted by molar-refractivity contribution is 5.86. The van der Waals surface area contributed by atoms with E-state index >= 15 is 0 Å². The molecular weight excluding hydrogens is 336 g/mol. The molecular formula is C28H28. The molecule has 0 saturated heterocycles. The van der Waals surface area contributed by atoms with E-state index < -0.39 is 0 Å². The number of fused-ring (bicyclic) bond motifs is 3. The molecule has 28 heavy (non-hydrogen) atoms. The first-order valence-electron chi connectivity index (χ1n) is 9.95. The van der Waals surface area contributed by atoms with Crippen molar-refractivity contribution in [2.45, 2.75) is 26.2 Å². The van der Waals surface area contributed by atoms with E-state index in [-0.39, 0.29) is 5.41 Å². The van der Waals surface area contributed by atoms with Crippen molar-refractivity contribution in [3.05, 3.63) is 132 Å². The van der Waals surface area contributed by atoms with Crippen LogP contribution in [0.4, 0.5) is 0 Å². The van der Waals surface area contributed by atoms with Crippen molar-refractivity contribution in [3.8, 4) is 11.1 Å². The maximum absolute atomic E-state index is 4.14. The minimum atomic E-state index is -0.364. The molecule has 0 amide bonds. The van der Waals surface area contributed by atoms with E-state index in [1.165, 1.54) is 33.4 Å². The van der Waals surface area contributed by atoms with Crippen LogP contribution in [-0.2, 0) is 5.41 Å². The van der Waals surface area contributed by atoms with E-state index in [1.807, 2.05) is 26.0 Å². The van der Waals surface area contributed by atoms with Gasteiger partial charge in [-0.15, -0.1) is 0 Å². The van der Waals surface area contributed by atoms with Crippen LogP contribution in [0.25, 0.3) is 11.1 Å². The molecule has 4 rings (SSSR count). The summed E-state index contributed by atoms with van der Waals surface area (Å²) >= 11 is 0. The number of allylic oxidation sites excluding steroid dienone is 4. The highest BCUT2D eigenvalue weighted by Gasteiger charge is 2.46. The minimum absolute atomic E-state index is 0.364. The summed E-state index contributed by atoms with van der Waals surface area (Å²) in [5, 5.41) is 0. The van der Waals surface area contributed by atoms with E-state index in [9.17, 15) is 0 Å². The van der Waals surface area contributed by atoms with Gasteiger partial charge in [-0.1, -0.05) is 124 Å². The zero-order valence-corrected chi connectivity index (χ0v) is 17.1. The van der Waals surface area contributed by atoms with Gasteiger partial charge in [-0.05, 0) is 40.3 Å². The van der Waals surface area contributed by atoms with Crippen molar-refractivity contribution in [1.29, 1.82) is 0 Å². The van der Waals surface area contributed by atoms with E-state index in [0.29, 0.717) is 0 Å². The molecule has 0 heteroatoms. The molecule has 1 aliphatic rings. The average Bonchev–Trinajstić information content (AvgIpc) is 3.05. The number of benzene rings is 3. The topological polar surface area (TPSA) is 0 Å². The summed E-state index contributed by atoms with van der Waals surface area (Å²) < 4.78 is 0. The summed E-state index contributed by atoms with van der Waals surface area (Å²) in [7, 11) is 0. The summed E-state index contributed by atoms with van der Waals surface area (Å²) in [6, 6.07) is 26.3. The highest BCUT2D eigenvalue weighted by atomic mass is 14.5. The molecule has 3 aromatic carbocycles. The summed E-state index contributed by atoms with van der Waals surface area (Å²) in [6.45, 7) is 14.2. The highest BCUT2D eigenvalue weighted by Crippen LogP contribution is 2.56. The summed E-state index contributed by atoms with van der Waals surface area (Å²) in [5.41, 5.74) is 8.49. The van der Waals surface area contributed by atoms with Gasteiger partial charge in [0.2, 0.25) is 0 Å². The molecule has 0 radical (unpaired) electrons. The lowest BCUT2D eigenvalue weighted by Gasteiger charge is -2.34.